The van der Waals surface area contributed by atoms with Crippen LogP contribution in [-0.2, 0) is 9.47 Å². The van der Waals surface area contributed by atoms with Crippen molar-refractivity contribution < 1.29 is 14.6 Å². The number of nitrogens with one attached hydrogen (secondary N) is 2. The van der Waals surface area contributed by atoms with Gasteiger partial charge in [-0.05, 0) is 43.5 Å². The topological polar surface area (TPSA) is 75.1 Å². The lowest BCUT2D eigenvalue weighted by molar-refractivity contribution is 0.0689. The number of benzene rings is 1. The van der Waals surface area contributed by atoms with Gasteiger partial charge in [0.1, 0.15) is 0 Å². The molecule has 1 rings (SSSR count). The Morgan fingerprint density at radius 3 is 2.44 bits per heavy atom. The van der Waals surface area contributed by atoms with E-state index in [1.54, 1.807) is 25.3 Å². The number of hydrogen-bond donors (Lipinski definition) is 3. The Labute approximate surface area is 189 Å². The molecule has 0 aromatic heterocycles. The molecule has 1 atom stereocenters. The van der Waals surface area contributed by atoms with E-state index in [0.29, 0.717) is 41.4 Å². The zero-order chi connectivity index (χ0) is 19.2. The molecular weight excluding hydrogens is 504 g/mol. The van der Waals surface area contributed by atoms with Gasteiger partial charge in [-0.1, -0.05) is 23.2 Å². The van der Waals surface area contributed by atoms with Crippen molar-refractivity contribution in [3.05, 3.63) is 33.8 Å². The smallest absolute Gasteiger partial charge is 0.191 e. The zero-order valence-corrected chi connectivity index (χ0v) is 19.7. The van der Waals surface area contributed by atoms with Gasteiger partial charge in [-0.15, -0.1) is 24.0 Å². The minimum atomic E-state index is -0.768. The van der Waals surface area contributed by atoms with Crippen molar-refractivity contribution in [1.82, 2.24) is 10.6 Å². The van der Waals surface area contributed by atoms with Crippen LogP contribution in [0.1, 0.15) is 31.4 Å². The van der Waals surface area contributed by atoms with Crippen molar-refractivity contribution in [3.63, 3.8) is 0 Å². The molecule has 0 aliphatic rings. The first-order valence-electron chi connectivity index (χ1n) is 8.79. The van der Waals surface area contributed by atoms with Crippen LogP contribution in [0.15, 0.2) is 23.2 Å². The minimum Gasteiger partial charge on any atom is -0.386 e. The molecule has 0 aliphatic heterocycles. The number of aliphatic hydroxyl groups is 1. The summed E-state index contributed by atoms with van der Waals surface area (Å²) in [7, 11) is 1.66. The average Bonchev–Trinajstić information content (AvgIpc) is 2.60. The van der Waals surface area contributed by atoms with Crippen molar-refractivity contribution in [2.24, 2.45) is 4.99 Å². The number of aliphatic hydroxyl groups excluding tert-OH is 1. The summed E-state index contributed by atoms with van der Waals surface area (Å²) in [5.74, 6) is 0.667. The largest absolute Gasteiger partial charge is 0.386 e. The highest BCUT2D eigenvalue weighted by atomic mass is 127. The maximum atomic E-state index is 10.3. The fourth-order valence-corrected chi connectivity index (χ4v) is 2.72. The van der Waals surface area contributed by atoms with Gasteiger partial charge in [0.05, 0.1) is 25.9 Å². The van der Waals surface area contributed by atoms with E-state index < -0.39 is 6.10 Å². The number of methoxy groups -OCH3 is 1. The SMILES string of the molecule is CCNC(=NCC(O)c1cc(Cl)cc(Cl)c1)NCCCCOCCOC.I. The minimum absolute atomic E-state index is 0. The molecule has 0 fully saturated rings. The Morgan fingerprint density at radius 2 is 1.81 bits per heavy atom. The highest BCUT2D eigenvalue weighted by Crippen LogP contribution is 2.23. The molecule has 0 amide bonds. The molecule has 1 aromatic carbocycles. The normalized spacial score (nSPS) is 12.4. The van der Waals surface area contributed by atoms with Crippen LogP contribution in [0.3, 0.4) is 0 Å². The van der Waals surface area contributed by atoms with Crippen LogP contribution in [0.4, 0.5) is 0 Å². The van der Waals surface area contributed by atoms with Gasteiger partial charge in [-0.25, -0.2) is 0 Å². The number of aliphatic imine (C=N–C) groups is 1. The van der Waals surface area contributed by atoms with Gasteiger partial charge in [0, 0.05) is 36.9 Å². The summed E-state index contributed by atoms with van der Waals surface area (Å²) < 4.78 is 10.3. The second-order valence-corrected chi connectivity index (χ2v) is 6.55. The van der Waals surface area contributed by atoms with Gasteiger partial charge in [0.15, 0.2) is 5.96 Å². The van der Waals surface area contributed by atoms with Gasteiger partial charge in [-0.2, -0.15) is 0 Å². The summed E-state index contributed by atoms with van der Waals surface area (Å²) in [6.45, 7) is 5.69. The van der Waals surface area contributed by atoms with Crippen LogP contribution in [0.5, 0.6) is 0 Å². The van der Waals surface area contributed by atoms with Gasteiger partial charge in [0.2, 0.25) is 0 Å². The summed E-state index contributed by atoms with van der Waals surface area (Å²) in [6.07, 6.45) is 1.15. The summed E-state index contributed by atoms with van der Waals surface area (Å²) in [5.41, 5.74) is 0.648. The summed E-state index contributed by atoms with van der Waals surface area (Å²) >= 11 is 11.9. The van der Waals surface area contributed by atoms with Gasteiger partial charge < -0.3 is 25.2 Å². The van der Waals surface area contributed by atoms with Crippen LogP contribution in [-0.4, -0.2) is 57.6 Å². The average molecular weight is 534 g/mol. The fourth-order valence-electron chi connectivity index (χ4n) is 2.17. The number of guanidine groups is 1. The first-order valence-corrected chi connectivity index (χ1v) is 9.55. The van der Waals surface area contributed by atoms with Gasteiger partial charge >= 0.3 is 0 Å². The van der Waals surface area contributed by atoms with Crippen molar-refractivity contribution in [3.8, 4) is 0 Å². The molecule has 6 nitrogen and oxygen atoms in total. The molecule has 0 radical (unpaired) electrons. The van der Waals surface area contributed by atoms with E-state index in [-0.39, 0.29) is 30.5 Å². The quantitative estimate of drug-likeness (QED) is 0.165. The maximum Gasteiger partial charge on any atom is 0.191 e. The Balaban J connectivity index is 0.00000676. The predicted octanol–water partition coefficient (Wildman–Crippen LogP) is 3.64. The molecule has 9 heteroatoms. The van der Waals surface area contributed by atoms with E-state index in [4.69, 9.17) is 32.7 Å². The standard InChI is InChI=1S/C18H29Cl2N3O3.HI/c1-3-21-18(22-6-4-5-7-26-9-8-25-2)23-13-17(24)14-10-15(19)12-16(20)11-14;/h10-12,17,24H,3-9,13H2,1-2H3,(H2,21,22,23);1H. The van der Waals surface area contributed by atoms with Crippen LogP contribution in [0.2, 0.25) is 10.0 Å². The molecule has 0 spiro atoms. The lowest BCUT2D eigenvalue weighted by Crippen LogP contribution is -2.38. The molecule has 1 unspecified atom stereocenters. The number of hydrogen-bond acceptors (Lipinski definition) is 4. The molecule has 0 saturated carbocycles. The zero-order valence-electron chi connectivity index (χ0n) is 15.8. The van der Waals surface area contributed by atoms with E-state index in [9.17, 15) is 5.11 Å². The van der Waals surface area contributed by atoms with Crippen molar-refractivity contribution >= 4 is 53.1 Å². The van der Waals surface area contributed by atoms with Gasteiger partial charge in [0.25, 0.3) is 0 Å². The third-order valence-corrected chi connectivity index (χ3v) is 3.91. The second-order valence-electron chi connectivity index (χ2n) is 5.68. The first-order chi connectivity index (χ1) is 12.6. The molecule has 156 valence electrons. The highest BCUT2D eigenvalue weighted by Gasteiger charge is 2.09. The third-order valence-electron chi connectivity index (χ3n) is 3.48. The predicted molar refractivity (Wildman–Crippen MR) is 123 cm³/mol. The Hall–Kier alpha value is -0.320. The van der Waals surface area contributed by atoms with E-state index in [1.165, 1.54) is 0 Å². The van der Waals surface area contributed by atoms with Crippen LogP contribution >= 0.6 is 47.2 Å². The fraction of sp³-hybridized carbons (Fsp3) is 0.611. The number of nitrogens with zero attached hydrogens (tertiary/aromatic N) is 1. The number of rotatable bonds is 12. The van der Waals surface area contributed by atoms with Gasteiger partial charge in [-0.3, -0.25) is 4.99 Å². The van der Waals surface area contributed by atoms with E-state index in [2.05, 4.69) is 15.6 Å². The number of ether oxygens (including phenoxy) is 2. The number of halogens is 3. The summed E-state index contributed by atoms with van der Waals surface area (Å²) in [6, 6.07) is 5.02. The Kier molecular flexibility index (Phi) is 16.4. The Morgan fingerprint density at radius 1 is 1.11 bits per heavy atom. The molecule has 27 heavy (non-hydrogen) atoms. The molecule has 3 N–H and O–H groups in total. The first kappa shape index (κ1) is 26.7. The molecule has 0 saturated heterocycles. The molecule has 0 heterocycles. The number of unbranched alkanes of at least 4 members (excludes halogenated alkanes) is 1. The van der Waals surface area contributed by atoms with Crippen LogP contribution < -0.4 is 10.6 Å². The van der Waals surface area contributed by atoms with Crippen LogP contribution in [0, 0.1) is 0 Å². The van der Waals surface area contributed by atoms with Crippen molar-refractivity contribution in [2.75, 3.05) is 46.6 Å². The monoisotopic (exact) mass is 533 g/mol. The Bertz CT molecular complexity index is 530. The van der Waals surface area contributed by atoms with Crippen LogP contribution in [0.25, 0.3) is 0 Å². The third kappa shape index (κ3) is 12.7. The molecule has 1 aromatic rings. The van der Waals surface area contributed by atoms with E-state index in [0.717, 1.165) is 25.9 Å². The summed E-state index contributed by atoms with van der Waals surface area (Å²) in [4.78, 5) is 4.42. The molecule has 0 aliphatic carbocycles. The molecule has 0 bridgehead atoms. The van der Waals surface area contributed by atoms with Crippen molar-refractivity contribution in [2.45, 2.75) is 25.9 Å². The van der Waals surface area contributed by atoms with Crippen molar-refractivity contribution in [1.29, 1.82) is 0 Å². The maximum absolute atomic E-state index is 10.3. The summed E-state index contributed by atoms with van der Waals surface area (Å²) in [5, 5.41) is 17.7. The lowest BCUT2D eigenvalue weighted by Gasteiger charge is -2.14. The van der Waals surface area contributed by atoms with E-state index in [1.807, 2.05) is 6.92 Å². The highest BCUT2D eigenvalue weighted by molar-refractivity contribution is 14.0. The second kappa shape index (κ2) is 16.6. The van der Waals surface area contributed by atoms with E-state index >= 15 is 0 Å². The molecular formula is C18H30Cl2IN3O3. The lowest BCUT2D eigenvalue weighted by atomic mass is 10.1.